The third-order valence-electron chi connectivity index (χ3n) is 3.72. The van der Waals surface area contributed by atoms with Gasteiger partial charge in [-0.15, -0.1) is 11.8 Å². The second-order valence-corrected chi connectivity index (χ2v) is 8.04. The normalized spacial score (nSPS) is 15.9. The molecule has 1 aliphatic rings. The monoisotopic (exact) mass is 323 g/mol. The van der Waals surface area contributed by atoms with E-state index in [1.807, 2.05) is 11.8 Å². The lowest BCUT2D eigenvalue weighted by molar-refractivity contribution is -0.118. The van der Waals surface area contributed by atoms with Gasteiger partial charge in [0.05, 0.1) is 5.75 Å². The predicted octanol–water partition coefficient (Wildman–Crippen LogP) is 4.27. The molecule has 2 rings (SSSR count). The van der Waals surface area contributed by atoms with E-state index in [1.165, 1.54) is 37.7 Å². The summed E-state index contributed by atoms with van der Waals surface area (Å²) in [6.07, 6.45) is 6.90. The Hall–Kier alpha value is -0.610. The molecule has 1 aliphatic carbocycles. The zero-order valence-electron chi connectivity index (χ0n) is 12.8. The quantitative estimate of drug-likeness (QED) is 0.600. The number of benzene rings is 1. The van der Waals surface area contributed by atoms with Gasteiger partial charge < -0.3 is 5.32 Å². The van der Waals surface area contributed by atoms with E-state index in [9.17, 15) is 4.79 Å². The fraction of sp³-hybridized carbons (Fsp3) is 0.588. The SMILES string of the molecule is Cc1ccc(SCC(=O)NCCSC2CCCCC2)cc1. The van der Waals surface area contributed by atoms with Crippen molar-refractivity contribution >= 4 is 29.4 Å². The highest BCUT2D eigenvalue weighted by molar-refractivity contribution is 8.00. The molecule has 0 aliphatic heterocycles. The van der Waals surface area contributed by atoms with Gasteiger partial charge >= 0.3 is 0 Å². The highest BCUT2D eigenvalue weighted by atomic mass is 32.2. The largest absolute Gasteiger partial charge is 0.355 e. The molecule has 1 saturated carbocycles. The van der Waals surface area contributed by atoms with Gasteiger partial charge in [-0.1, -0.05) is 37.0 Å². The van der Waals surface area contributed by atoms with Crippen LogP contribution in [0.25, 0.3) is 0 Å². The lowest BCUT2D eigenvalue weighted by atomic mass is 10.0. The number of aryl methyl sites for hydroxylation is 1. The number of nitrogens with one attached hydrogen (secondary N) is 1. The van der Waals surface area contributed by atoms with Crippen LogP contribution >= 0.6 is 23.5 Å². The molecule has 0 radical (unpaired) electrons. The standard InChI is InChI=1S/C17H25NOS2/c1-14-7-9-16(10-8-14)21-13-17(19)18-11-12-20-15-5-3-2-4-6-15/h7-10,15H,2-6,11-13H2,1H3,(H,18,19). The van der Waals surface area contributed by atoms with Crippen LogP contribution in [-0.4, -0.2) is 29.2 Å². The van der Waals surface area contributed by atoms with Gasteiger partial charge in [-0.2, -0.15) is 11.8 Å². The molecular weight excluding hydrogens is 298 g/mol. The number of amides is 1. The van der Waals surface area contributed by atoms with Crippen LogP contribution in [-0.2, 0) is 4.79 Å². The van der Waals surface area contributed by atoms with E-state index in [0.717, 1.165) is 22.4 Å². The van der Waals surface area contributed by atoms with E-state index in [-0.39, 0.29) is 5.91 Å². The Labute approximate surface area is 136 Å². The van der Waals surface area contributed by atoms with Crippen LogP contribution in [0.5, 0.6) is 0 Å². The Morgan fingerprint density at radius 3 is 2.62 bits per heavy atom. The van der Waals surface area contributed by atoms with E-state index in [2.05, 4.69) is 36.5 Å². The average molecular weight is 324 g/mol. The number of thioether (sulfide) groups is 2. The maximum absolute atomic E-state index is 11.8. The number of rotatable bonds is 7. The van der Waals surface area contributed by atoms with Gasteiger partial charge in [0, 0.05) is 22.4 Å². The zero-order valence-corrected chi connectivity index (χ0v) is 14.4. The molecule has 1 aromatic carbocycles. The zero-order chi connectivity index (χ0) is 14.9. The van der Waals surface area contributed by atoms with Crippen molar-refractivity contribution in [3.63, 3.8) is 0 Å². The van der Waals surface area contributed by atoms with Crippen molar-refractivity contribution in [2.45, 2.75) is 49.2 Å². The summed E-state index contributed by atoms with van der Waals surface area (Å²) in [7, 11) is 0. The maximum Gasteiger partial charge on any atom is 0.230 e. The first-order valence-electron chi connectivity index (χ1n) is 7.82. The number of carbonyl (C=O) groups excluding carboxylic acids is 1. The molecule has 116 valence electrons. The first kappa shape index (κ1) is 16.8. The molecule has 1 N–H and O–H groups in total. The van der Waals surface area contributed by atoms with Crippen molar-refractivity contribution in [1.29, 1.82) is 0 Å². The van der Waals surface area contributed by atoms with Gasteiger partial charge in [-0.05, 0) is 31.9 Å². The van der Waals surface area contributed by atoms with E-state index in [4.69, 9.17) is 0 Å². The summed E-state index contributed by atoms with van der Waals surface area (Å²) in [5.41, 5.74) is 1.25. The van der Waals surface area contributed by atoms with Crippen LogP contribution in [0.15, 0.2) is 29.2 Å². The number of hydrogen-bond acceptors (Lipinski definition) is 3. The molecule has 4 heteroatoms. The Morgan fingerprint density at radius 2 is 1.90 bits per heavy atom. The third kappa shape index (κ3) is 6.79. The van der Waals surface area contributed by atoms with Gasteiger partial charge in [0.2, 0.25) is 5.91 Å². The molecule has 1 aromatic rings. The fourth-order valence-electron chi connectivity index (χ4n) is 2.48. The summed E-state index contributed by atoms with van der Waals surface area (Å²) in [6, 6.07) is 8.32. The Kier molecular flexibility index (Phi) is 7.51. The predicted molar refractivity (Wildman–Crippen MR) is 94.2 cm³/mol. The fourth-order valence-corrected chi connectivity index (χ4v) is 4.43. The Balaban J connectivity index is 1.54. The first-order valence-corrected chi connectivity index (χ1v) is 9.85. The molecule has 0 spiro atoms. The van der Waals surface area contributed by atoms with E-state index < -0.39 is 0 Å². The molecule has 2 nitrogen and oxygen atoms in total. The topological polar surface area (TPSA) is 29.1 Å². The first-order chi connectivity index (χ1) is 10.2. The van der Waals surface area contributed by atoms with Crippen molar-refractivity contribution in [2.24, 2.45) is 0 Å². The summed E-state index contributed by atoms with van der Waals surface area (Å²) in [5.74, 6) is 1.70. The van der Waals surface area contributed by atoms with Crippen LogP contribution in [0.4, 0.5) is 0 Å². The van der Waals surface area contributed by atoms with Crippen molar-refractivity contribution in [2.75, 3.05) is 18.1 Å². The summed E-state index contributed by atoms with van der Waals surface area (Å²) >= 11 is 3.64. The van der Waals surface area contributed by atoms with Crippen LogP contribution in [0.3, 0.4) is 0 Å². The molecule has 0 heterocycles. The summed E-state index contributed by atoms with van der Waals surface area (Å²) in [5, 5.41) is 3.85. The summed E-state index contributed by atoms with van der Waals surface area (Å²) in [4.78, 5) is 13.0. The average Bonchev–Trinajstić information content (AvgIpc) is 2.52. The van der Waals surface area contributed by atoms with Gasteiger partial charge in [0.1, 0.15) is 0 Å². The van der Waals surface area contributed by atoms with Crippen molar-refractivity contribution in [3.8, 4) is 0 Å². The molecule has 0 aromatic heterocycles. The molecule has 0 atom stereocenters. The highest BCUT2D eigenvalue weighted by Crippen LogP contribution is 2.27. The van der Waals surface area contributed by atoms with Crippen LogP contribution in [0.2, 0.25) is 0 Å². The summed E-state index contributed by atoms with van der Waals surface area (Å²) < 4.78 is 0. The Morgan fingerprint density at radius 1 is 1.19 bits per heavy atom. The smallest absolute Gasteiger partial charge is 0.230 e. The lowest BCUT2D eigenvalue weighted by Gasteiger charge is -2.20. The van der Waals surface area contributed by atoms with Gasteiger partial charge in [0.15, 0.2) is 0 Å². The van der Waals surface area contributed by atoms with E-state index in [1.54, 1.807) is 11.8 Å². The van der Waals surface area contributed by atoms with Gasteiger partial charge in [-0.25, -0.2) is 0 Å². The molecule has 1 amide bonds. The highest BCUT2D eigenvalue weighted by Gasteiger charge is 2.13. The van der Waals surface area contributed by atoms with Crippen molar-refractivity contribution < 1.29 is 4.79 Å². The summed E-state index contributed by atoms with van der Waals surface area (Å²) in [6.45, 7) is 2.87. The minimum absolute atomic E-state index is 0.143. The minimum atomic E-state index is 0.143. The molecule has 0 unspecified atom stereocenters. The van der Waals surface area contributed by atoms with E-state index >= 15 is 0 Å². The van der Waals surface area contributed by atoms with Crippen molar-refractivity contribution in [3.05, 3.63) is 29.8 Å². The van der Waals surface area contributed by atoms with Crippen LogP contribution in [0.1, 0.15) is 37.7 Å². The minimum Gasteiger partial charge on any atom is -0.355 e. The number of carbonyl (C=O) groups is 1. The van der Waals surface area contributed by atoms with Gasteiger partial charge in [0.25, 0.3) is 0 Å². The third-order valence-corrected chi connectivity index (χ3v) is 6.12. The second kappa shape index (κ2) is 9.42. The maximum atomic E-state index is 11.8. The lowest BCUT2D eigenvalue weighted by Crippen LogP contribution is -2.28. The van der Waals surface area contributed by atoms with Crippen LogP contribution < -0.4 is 5.32 Å². The van der Waals surface area contributed by atoms with E-state index in [0.29, 0.717) is 5.75 Å². The molecular formula is C17H25NOS2. The second-order valence-electron chi connectivity index (χ2n) is 5.58. The number of hydrogen-bond donors (Lipinski definition) is 1. The molecule has 0 saturated heterocycles. The molecule has 1 fully saturated rings. The molecule has 0 bridgehead atoms. The van der Waals surface area contributed by atoms with Gasteiger partial charge in [-0.3, -0.25) is 4.79 Å². The Bertz CT molecular complexity index is 427. The van der Waals surface area contributed by atoms with Crippen molar-refractivity contribution in [1.82, 2.24) is 5.32 Å². The van der Waals surface area contributed by atoms with Crippen LogP contribution in [0, 0.1) is 6.92 Å². The molecule has 21 heavy (non-hydrogen) atoms.